The lowest BCUT2D eigenvalue weighted by atomic mass is 10.1. The Labute approximate surface area is 93.6 Å². The number of ether oxygens (including phenoxy) is 1. The molecule has 0 unspecified atom stereocenters. The van der Waals surface area contributed by atoms with Crippen LogP contribution in [0, 0.1) is 0 Å². The number of hydrogen-bond acceptors (Lipinski definition) is 3. The average molecular weight is 222 g/mol. The molecule has 0 saturated heterocycles. The van der Waals surface area contributed by atoms with Gasteiger partial charge in [0.1, 0.15) is 0 Å². The normalized spacial score (nSPS) is 9.81. The van der Waals surface area contributed by atoms with Crippen LogP contribution in [0.2, 0.25) is 0 Å². The van der Waals surface area contributed by atoms with Crippen LogP contribution in [-0.2, 0) is 16.1 Å². The van der Waals surface area contributed by atoms with Gasteiger partial charge in [-0.3, -0.25) is 9.59 Å². The molecule has 5 nitrogen and oxygen atoms in total. The van der Waals surface area contributed by atoms with Crippen LogP contribution in [0.15, 0.2) is 24.3 Å². The molecule has 0 heterocycles. The summed E-state index contributed by atoms with van der Waals surface area (Å²) in [6.07, 6.45) is 0. The van der Waals surface area contributed by atoms with Crippen LogP contribution >= 0.6 is 0 Å². The number of carbonyl (C=O) groups excluding carboxylic acids is 2. The molecule has 1 aromatic rings. The Hall–Kier alpha value is -1.88. The maximum atomic E-state index is 11.5. The highest BCUT2D eigenvalue weighted by Crippen LogP contribution is 2.05. The predicted octanol–water partition coefficient (Wildman–Crippen LogP) is 0.0481. The second-order valence-electron chi connectivity index (χ2n) is 3.28. The van der Waals surface area contributed by atoms with Gasteiger partial charge in [-0.2, -0.15) is 0 Å². The van der Waals surface area contributed by atoms with Crippen molar-refractivity contribution in [2.45, 2.75) is 6.61 Å². The molecule has 1 aromatic carbocycles. The summed E-state index contributed by atoms with van der Waals surface area (Å²) in [5.74, 6) is -0.882. The van der Waals surface area contributed by atoms with Gasteiger partial charge >= 0.3 is 0 Å². The van der Waals surface area contributed by atoms with Gasteiger partial charge in [-0.25, -0.2) is 0 Å². The Kier molecular flexibility index (Phi) is 4.47. The van der Waals surface area contributed by atoms with Gasteiger partial charge < -0.3 is 15.8 Å². The molecule has 0 bridgehead atoms. The lowest BCUT2D eigenvalue weighted by molar-refractivity contribution is -0.117. The van der Waals surface area contributed by atoms with Crippen LogP contribution in [0.1, 0.15) is 15.9 Å². The Bertz CT molecular complexity index is 373. The fourth-order valence-electron chi connectivity index (χ4n) is 1.19. The van der Waals surface area contributed by atoms with Crippen molar-refractivity contribution in [1.29, 1.82) is 0 Å². The molecular weight excluding hydrogens is 208 g/mol. The highest BCUT2D eigenvalue weighted by molar-refractivity contribution is 5.96. The molecule has 0 aliphatic heterocycles. The summed E-state index contributed by atoms with van der Waals surface area (Å²) in [5.41, 5.74) is 6.38. The summed E-state index contributed by atoms with van der Waals surface area (Å²) in [4.78, 5) is 21.9. The summed E-state index contributed by atoms with van der Waals surface area (Å²) < 4.78 is 4.95. The van der Waals surface area contributed by atoms with E-state index in [-0.39, 0.29) is 12.5 Å². The molecule has 2 amide bonds. The van der Waals surface area contributed by atoms with E-state index < -0.39 is 5.91 Å². The van der Waals surface area contributed by atoms with Crippen molar-refractivity contribution in [3.05, 3.63) is 35.4 Å². The van der Waals surface area contributed by atoms with E-state index in [0.29, 0.717) is 12.2 Å². The second kappa shape index (κ2) is 5.87. The third-order valence-electron chi connectivity index (χ3n) is 1.95. The minimum Gasteiger partial charge on any atom is -0.380 e. The molecule has 0 spiro atoms. The Morgan fingerprint density at radius 2 is 1.94 bits per heavy atom. The largest absolute Gasteiger partial charge is 0.380 e. The fourth-order valence-corrected chi connectivity index (χ4v) is 1.19. The quantitative estimate of drug-likeness (QED) is 0.738. The maximum Gasteiger partial charge on any atom is 0.251 e. The van der Waals surface area contributed by atoms with Crippen molar-refractivity contribution in [2.75, 3.05) is 13.7 Å². The standard InChI is InChI=1S/C11H14N2O3/c1-16-7-8-2-4-9(5-3-8)11(15)13-6-10(12)14/h2-5H,6-7H2,1H3,(H2,12,14)(H,13,15). The predicted molar refractivity (Wildman–Crippen MR) is 58.7 cm³/mol. The second-order valence-corrected chi connectivity index (χ2v) is 3.28. The van der Waals surface area contributed by atoms with Gasteiger partial charge in [0, 0.05) is 12.7 Å². The molecule has 16 heavy (non-hydrogen) atoms. The molecule has 86 valence electrons. The molecule has 0 saturated carbocycles. The number of hydrogen-bond donors (Lipinski definition) is 2. The zero-order chi connectivity index (χ0) is 12.0. The molecule has 1 rings (SSSR count). The number of rotatable bonds is 5. The Balaban J connectivity index is 2.59. The summed E-state index contributed by atoms with van der Waals surface area (Å²) in [5, 5.41) is 2.41. The van der Waals surface area contributed by atoms with Gasteiger partial charge in [0.2, 0.25) is 5.91 Å². The Morgan fingerprint density at radius 3 is 2.44 bits per heavy atom. The van der Waals surface area contributed by atoms with E-state index in [9.17, 15) is 9.59 Å². The topological polar surface area (TPSA) is 81.4 Å². The number of carbonyl (C=O) groups is 2. The molecule has 3 N–H and O–H groups in total. The van der Waals surface area contributed by atoms with E-state index in [1.807, 2.05) is 0 Å². The number of amides is 2. The third-order valence-corrected chi connectivity index (χ3v) is 1.95. The van der Waals surface area contributed by atoms with Gasteiger partial charge in [-0.05, 0) is 17.7 Å². The van der Waals surface area contributed by atoms with Crippen LogP contribution in [0.4, 0.5) is 0 Å². The number of methoxy groups -OCH3 is 1. The lowest BCUT2D eigenvalue weighted by Crippen LogP contribution is -2.33. The minimum absolute atomic E-state index is 0.154. The first-order chi connectivity index (χ1) is 7.63. The minimum atomic E-state index is -0.565. The van der Waals surface area contributed by atoms with Crippen molar-refractivity contribution >= 4 is 11.8 Å². The molecule has 0 aliphatic carbocycles. The van der Waals surface area contributed by atoms with Gasteiger partial charge in [0.15, 0.2) is 0 Å². The summed E-state index contributed by atoms with van der Waals surface area (Å²) in [6.45, 7) is 0.349. The van der Waals surface area contributed by atoms with Gasteiger partial charge in [0.25, 0.3) is 5.91 Å². The highest BCUT2D eigenvalue weighted by Gasteiger charge is 2.05. The molecular formula is C11H14N2O3. The summed E-state index contributed by atoms with van der Waals surface area (Å²) in [6, 6.07) is 6.93. The number of nitrogens with two attached hydrogens (primary N) is 1. The summed E-state index contributed by atoms with van der Waals surface area (Å²) in [7, 11) is 1.60. The van der Waals surface area contributed by atoms with Crippen molar-refractivity contribution < 1.29 is 14.3 Å². The maximum absolute atomic E-state index is 11.5. The van der Waals surface area contributed by atoms with E-state index in [1.54, 1.807) is 31.4 Å². The smallest absolute Gasteiger partial charge is 0.251 e. The van der Waals surface area contributed by atoms with E-state index >= 15 is 0 Å². The zero-order valence-corrected chi connectivity index (χ0v) is 9.03. The van der Waals surface area contributed by atoms with E-state index in [1.165, 1.54) is 0 Å². The van der Waals surface area contributed by atoms with E-state index in [4.69, 9.17) is 10.5 Å². The molecule has 0 atom stereocenters. The zero-order valence-electron chi connectivity index (χ0n) is 9.03. The van der Waals surface area contributed by atoms with Crippen molar-refractivity contribution in [2.24, 2.45) is 5.73 Å². The number of primary amides is 1. The Morgan fingerprint density at radius 1 is 1.31 bits per heavy atom. The number of benzene rings is 1. The SMILES string of the molecule is COCc1ccc(C(=O)NCC(N)=O)cc1. The van der Waals surface area contributed by atoms with Crippen LogP contribution in [0.25, 0.3) is 0 Å². The fraction of sp³-hybridized carbons (Fsp3) is 0.273. The van der Waals surface area contributed by atoms with Crippen molar-refractivity contribution in [3.8, 4) is 0 Å². The monoisotopic (exact) mass is 222 g/mol. The van der Waals surface area contributed by atoms with E-state index in [2.05, 4.69) is 5.32 Å². The average Bonchev–Trinajstić information content (AvgIpc) is 2.27. The van der Waals surface area contributed by atoms with Crippen LogP contribution < -0.4 is 11.1 Å². The van der Waals surface area contributed by atoms with Gasteiger partial charge in [0.05, 0.1) is 13.2 Å². The van der Waals surface area contributed by atoms with Gasteiger partial charge in [-0.1, -0.05) is 12.1 Å². The molecule has 0 radical (unpaired) electrons. The van der Waals surface area contributed by atoms with Crippen molar-refractivity contribution in [3.63, 3.8) is 0 Å². The van der Waals surface area contributed by atoms with E-state index in [0.717, 1.165) is 5.56 Å². The summed E-state index contributed by atoms with van der Waals surface area (Å²) >= 11 is 0. The highest BCUT2D eigenvalue weighted by atomic mass is 16.5. The lowest BCUT2D eigenvalue weighted by Gasteiger charge is -2.04. The number of nitrogens with one attached hydrogen (secondary N) is 1. The van der Waals surface area contributed by atoms with Crippen LogP contribution in [-0.4, -0.2) is 25.5 Å². The van der Waals surface area contributed by atoms with Crippen LogP contribution in [0.3, 0.4) is 0 Å². The van der Waals surface area contributed by atoms with Gasteiger partial charge in [-0.15, -0.1) is 0 Å². The first kappa shape index (κ1) is 12.2. The van der Waals surface area contributed by atoms with Crippen LogP contribution in [0.5, 0.6) is 0 Å². The first-order valence-corrected chi connectivity index (χ1v) is 4.78. The molecule has 5 heteroatoms. The molecule has 0 aliphatic rings. The third kappa shape index (κ3) is 3.70. The molecule has 0 aromatic heterocycles. The van der Waals surface area contributed by atoms with Crippen molar-refractivity contribution in [1.82, 2.24) is 5.32 Å². The molecule has 0 fully saturated rings. The first-order valence-electron chi connectivity index (χ1n) is 4.78.